The van der Waals surface area contributed by atoms with Crippen LogP contribution in [0.15, 0.2) is 17.6 Å². The van der Waals surface area contributed by atoms with Crippen molar-refractivity contribution in [3.05, 3.63) is 12.4 Å². The summed E-state index contributed by atoms with van der Waals surface area (Å²) in [6.07, 6.45) is 4.91. The maximum Gasteiger partial charge on any atom is 0.167 e. The Hall–Kier alpha value is -0.480. The maximum atomic E-state index is 6.04. The molecule has 0 aromatic carbocycles. The van der Waals surface area contributed by atoms with Crippen molar-refractivity contribution < 1.29 is 0 Å². The van der Waals surface area contributed by atoms with E-state index in [-0.39, 0.29) is 6.04 Å². The van der Waals surface area contributed by atoms with Gasteiger partial charge in [0.15, 0.2) is 5.16 Å². The molecule has 1 heterocycles. The predicted octanol–water partition coefficient (Wildman–Crippen LogP) is 1.89. The van der Waals surface area contributed by atoms with Gasteiger partial charge >= 0.3 is 0 Å². The molecular weight excluding hydrogens is 194 g/mol. The second-order valence-electron chi connectivity index (χ2n) is 3.68. The third-order valence-corrected chi connectivity index (χ3v) is 3.76. The summed E-state index contributed by atoms with van der Waals surface area (Å²) in [4.78, 5) is 4.24. The maximum absolute atomic E-state index is 6.04. The topological polar surface area (TPSA) is 43.8 Å². The molecular formula is C10H19N3S. The molecule has 0 spiro atoms. The molecule has 1 rings (SSSR count). The molecule has 0 bridgehead atoms. The standard InChI is InChI=1S/C10H19N3S/c1-4-8(2)9(11)7-14-10-12-5-6-13(10)3/h5-6,8-9H,4,7,11H2,1-3H3/t8-,9-/m1/s1. The van der Waals surface area contributed by atoms with Crippen molar-refractivity contribution in [1.29, 1.82) is 0 Å². The summed E-state index contributed by atoms with van der Waals surface area (Å²) >= 11 is 1.73. The van der Waals surface area contributed by atoms with E-state index in [0.29, 0.717) is 5.92 Å². The van der Waals surface area contributed by atoms with Gasteiger partial charge in [-0.15, -0.1) is 0 Å². The molecule has 0 saturated carbocycles. The fourth-order valence-corrected chi connectivity index (χ4v) is 2.20. The van der Waals surface area contributed by atoms with Crippen molar-refractivity contribution in [3.8, 4) is 0 Å². The molecule has 1 aromatic heterocycles. The lowest BCUT2D eigenvalue weighted by Crippen LogP contribution is -2.30. The van der Waals surface area contributed by atoms with Gasteiger partial charge in [0.1, 0.15) is 0 Å². The highest BCUT2D eigenvalue weighted by atomic mass is 32.2. The summed E-state index contributed by atoms with van der Waals surface area (Å²) in [6, 6.07) is 0.265. The molecule has 4 heteroatoms. The molecule has 0 aliphatic heterocycles. The van der Waals surface area contributed by atoms with Crippen LogP contribution in [0.1, 0.15) is 20.3 Å². The van der Waals surface area contributed by atoms with Crippen LogP contribution < -0.4 is 5.73 Å². The van der Waals surface area contributed by atoms with Gasteiger partial charge in [-0.05, 0) is 5.92 Å². The van der Waals surface area contributed by atoms with Crippen LogP contribution in [0.3, 0.4) is 0 Å². The molecule has 0 aliphatic rings. The zero-order valence-electron chi connectivity index (χ0n) is 9.10. The largest absolute Gasteiger partial charge is 0.329 e. The van der Waals surface area contributed by atoms with Gasteiger partial charge in [-0.1, -0.05) is 32.0 Å². The van der Waals surface area contributed by atoms with E-state index in [0.717, 1.165) is 17.3 Å². The Labute approximate surface area is 90.1 Å². The van der Waals surface area contributed by atoms with Crippen molar-refractivity contribution in [2.24, 2.45) is 18.7 Å². The van der Waals surface area contributed by atoms with E-state index in [1.165, 1.54) is 0 Å². The lowest BCUT2D eigenvalue weighted by Gasteiger charge is -2.17. The van der Waals surface area contributed by atoms with Gasteiger partial charge in [-0.25, -0.2) is 4.98 Å². The van der Waals surface area contributed by atoms with Crippen LogP contribution in [0.2, 0.25) is 0 Å². The van der Waals surface area contributed by atoms with E-state index < -0.39 is 0 Å². The van der Waals surface area contributed by atoms with Crippen LogP contribution in [-0.2, 0) is 7.05 Å². The van der Waals surface area contributed by atoms with Crippen LogP contribution in [0.25, 0.3) is 0 Å². The van der Waals surface area contributed by atoms with Crippen molar-refractivity contribution in [2.45, 2.75) is 31.5 Å². The smallest absolute Gasteiger partial charge is 0.167 e. The number of hydrogen-bond donors (Lipinski definition) is 1. The summed E-state index contributed by atoms with van der Waals surface area (Å²) in [5.74, 6) is 1.53. The number of hydrogen-bond acceptors (Lipinski definition) is 3. The average molecular weight is 213 g/mol. The number of thioether (sulfide) groups is 1. The Bertz CT molecular complexity index is 272. The van der Waals surface area contributed by atoms with Crippen molar-refractivity contribution in [2.75, 3.05) is 5.75 Å². The van der Waals surface area contributed by atoms with Crippen molar-refractivity contribution in [3.63, 3.8) is 0 Å². The third kappa shape index (κ3) is 3.03. The first kappa shape index (κ1) is 11.6. The third-order valence-electron chi connectivity index (χ3n) is 2.56. The van der Waals surface area contributed by atoms with Gasteiger partial charge in [0.05, 0.1) is 0 Å². The minimum Gasteiger partial charge on any atom is -0.329 e. The SMILES string of the molecule is CC[C@@H](C)[C@H](N)CSc1nccn1C. The molecule has 2 N–H and O–H groups in total. The predicted molar refractivity (Wildman–Crippen MR) is 61.4 cm³/mol. The first-order chi connectivity index (χ1) is 6.65. The van der Waals surface area contributed by atoms with Crippen molar-refractivity contribution >= 4 is 11.8 Å². The molecule has 0 unspecified atom stereocenters. The molecule has 0 amide bonds. The molecule has 2 atom stereocenters. The summed E-state index contributed by atoms with van der Waals surface area (Å²) in [5, 5.41) is 1.05. The average Bonchev–Trinajstić information content (AvgIpc) is 2.59. The molecule has 1 aromatic rings. The quantitative estimate of drug-likeness (QED) is 0.760. The van der Waals surface area contributed by atoms with E-state index in [4.69, 9.17) is 5.73 Å². The lowest BCUT2D eigenvalue weighted by molar-refractivity contribution is 0.475. The van der Waals surface area contributed by atoms with E-state index in [1.54, 1.807) is 11.8 Å². The Morgan fingerprint density at radius 3 is 2.86 bits per heavy atom. The van der Waals surface area contributed by atoms with Crippen LogP contribution in [0.4, 0.5) is 0 Å². The molecule has 3 nitrogen and oxygen atoms in total. The molecule has 0 radical (unpaired) electrons. The zero-order chi connectivity index (χ0) is 10.6. The van der Waals surface area contributed by atoms with Gasteiger partial charge in [0.2, 0.25) is 0 Å². The van der Waals surface area contributed by atoms with E-state index >= 15 is 0 Å². The Balaban J connectivity index is 2.37. The molecule has 14 heavy (non-hydrogen) atoms. The van der Waals surface area contributed by atoms with E-state index in [1.807, 2.05) is 24.0 Å². The first-order valence-electron chi connectivity index (χ1n) is 5.00. The summed E-state index contributed by atoms with van der Waals surface area (Å²) in [5.41, 5.74) is 6.04. The monoisotopic (exact) mass is 213 g/mol. The highest BCUT2D eigenvalue weighted by Gasteiger charge is 2.11. The fraction of sp³-hybridized carbons (Fsp3) is 0.700. The second kappa shape index (κ2) is 5.41. The van der Waals surface area contributed by atoms with Gasteiger partial charge in [0, 0.05) is 31.2 Å². The molecule has 0 fully saturated rings. The number of aromatic nitrogens is 2. The van der Waals surface area contributed by atoms with Crippen LogP contribution in [-0.4, -0.2) is 21.3 Å². The lowest BCUT2D eigenvalue weighted by atomic mass is 10.0. The molecule has 0 saturated heterocycles. The number of nitrogens with two attached hydrogens (primary N) is 1. The minimum absolute atomic E-state index is 0.265. The minimum atomic E-state index is 0.265. The Morgan fingerprint density at radius 1 is 1.64 bits per heavy atom. The van der Waals surface area contributed by atoms with Crippen molar-refractivity contribution in [1.82, 2.24) is 9.55 Å². The van der Waals surface area contributed by atoms with Crippen LogP contribution >= 0.6 is 11.8 Å². The van der Waals surface area contributed by atoms with E-state index in [2.05, 4.69) is 18.8 Å². The fourth-order valence-electron chi connectivity index (χ4n) is 1.13. The van der Waals surface area contributed by atoms with E-state index in [9.17, 15) is 0 Å². The first-order valence-corrected chi connectivity index (χ1v) is 5.99. The van der Waals surface area contributed by atoms with Crippen LogP contribution in [0, 0.1) is 5.92 Å². The highest BCUT2D eigenvalue weighted by molar-refractivity contribution is 7.99. The van der Waals surface area contributed by atoms with Gasteiger partial charge < -0.3 is 10.3 Å². The van der Waals surface area contributed by atoms with Gasteiger partial charge in [-0.2, -0.15) is 0 Å². The zero-order valence-corrected chi connectivity index (χ0v) is 9.92. The van der Waals surface area contributed by atoms with Gasteiger partial charge in [-0.3, -0.25) is 0 Å². The number of imidazole rings is 1. The highest BCUT2D eigenvalue weighted by Crippen LogP contribution is 2.18. The number of aryl methyl sites for hydroxylation is 1. The second-order valence-corrected chi connectivity index (χ2v) is 4.67. The summed E-state index contributed by atoms with van der Waals surface area (Å²) < 4.78 is 2.02. The Morgan fingerprint density at radius 2 is 2.36 bits per heavy atom. The Kier molecular flexibility index (Phi) is 4.48. The normalized spacial score (nSPS) is 15.4. The van der Waals surface area contributed by atoms with Gasteiger partial charge in [0.25, 0.3) is 0 Å². The molecule has 0 aliphatic carbocycles. The molecule has 80 valence electrons. The van der Waals surface area contributed by atoms with Crippen LogP contribution in [0.5, 0.6) is 0 Å². The number of rotatable bonds is 5. The number of nitrogens with zero attached hydrogens (tertiary/aromatic N) is 2. The summed E-state index contributed by atoms with van der Waals surface area (Å²) in [7, 11) is 2.00. The summed E-state index contributed by atoms with van der Waals surface area (Å²) in [6.45, 7) is 4.37.